The van der Waals surface area contributed by atoms with Crippen LogP contribution in [0.1, 0.15) is 24.3 Å². The Kier molecular flexibility index (Phi) is 7.43. The van der Waals surface area contributed by atoms with Gasteiger partial charge in [-0.1, -0.05) is 5.16 Å². The number of likely N-dealkylation sites (tertiary alicyclic amines) is 2. The summed E-state index contributed by atoms with van der Waals surface area (Å²) in [5.41, 5.74) is 0.399. The Morgan fingerprint density at radius 3 is 2.60 bits per heavy atom. The molecule has 3 saturated heterocycles. The molecule has 4 heterocycles. The van der Waals surface area contributed by atoms with Gasteiger partial charge in [-0.25, -0.2) is 0 Å². The summed E-state index contributed by atoms with van der Waals surface area (Å²) in [6.07, 6.45) is 1.83. The zero-order valence-electron chi connectivity index (χ0n) is 17.4. The van der Waals surface area contributed by atoms with E-state index in [0.29, 0.717) is 18.8 Å². The number of carbonyl (C=O) groups is 3. The van der Waals surface area contributed by atoms with Crippen molar-refractivity contribution in [3.05, 3.63) is 17.5 Å². The van der Waals surface area contributed by atoms with Crippen molar-refractivity contribution in [1.29, 1.82) is 0 Å². The number of nitrogens with zero attached hydrogens (tertiary/aromatic N) is 4. The summed E-state index contributed by atoms with van der Waals surface area (Å²) in [5, 5.41) is 10.7. The molecule has 4 rings (SSSR count). The predicted molar refractivity (Wildman–Crippen MR) is 106 cm³/mol. The van der Waals surface area contributed by atoms with E-state index in [1.54, 1.807) is 6.07 Å². The van der Waals surface area contributed by atoms with Crippen molar-refractivity contribution < 1.29 is 28.8 Å². The van der Waals surface area contributed by atoms with Crippen molar-refractivity contribution in [3.8, 4) is 0 Å². The molecule has 1 atom stereocenters. The van der Waals surface area contributed by atoms with Gasteiger partial charge in [0.1, 0.15) is 5.76 Å². The average molecular weight is 422 g/mol. The van der Waals surface area contributed by atoms with E-state index in [9.17, 15) is 9.59 Å². The summed E-state index contributed by atoms with van der Waals surface area (Å²) in [4.78, 5) is 40.2. The van der Waals surface area contributed by atoms with Crippen LogP contribution >= 0.6 is 0 Å². The van der Waals surface area contributed by atoms with E-state index in [0.717, 1.165) is 64.5 Å². The lowest BCUT2D eigenvalue weighted by molar-refractivity contribution is -0.136. The summed E-state index contributed by atoms with van der Waals surface area (Å²) >= 11 is 0. The molecule has 30 heavy (non-hydrogen) atoms. The van der Waals surface area contributed by atoms with Crippen LogP contribution in [0.2, 0.25) is 0 Å². The Balaban J connectivity index is 0.000000806. The van der Waals surface area contributed by atoms with Crippen molar-refractivity contribution in [2.45, 2.75) is 26.2 Å². The highest BCUT2D eigenvalue weighted by molar-refractivity contribution is 5.87. The second-order valence-electron chi connectivity index (χ2n) is 8.06. The molecule has 0 radical (unpaired) electrons. The van der Waals surface area contributed by atoms with Gasteiger partial charge in [0.25, 0.3) is 6.47 Å². The molecule has 3 fully saturated rings. The molecule has 166 valence electrons. The molecule has 3 aliphatic heterocycles. The Labute approximate surface area is 175 Å². The minimum Gasteiger partial charge on any atom is -0.483 e. The fraction of sp³-hybridized carbons (Fsp3) is 0.700. The van der Waals surface area contributed by atoms with Crippen LogP contribution in [0.25, 0.3) is 0 Å². The quantitative estimate of drug-likeness (QED) is 0.660. The molecule has 0 aromatic carbocycles. The third-order valence-electron chi connectivity index (χ3n) is 6.10. The first-order valence-corrected chi connectivity index (χ1v) is 10.3. The Morgan fingerprint density at radius 1 is 1.23 bits per heavy atom. The van der Waals surface area contributed by atoms with E-state index < -0.39 is 0 Å². The molecule has 0 aliphatic carbocycles. The van der Waals surface area contributed by atoms with E-state index in [4.69, 9.17) is 19.2 Å². The largest absolute Gasteiger partial charge is 0.483 e. The van der Waals surface area contributed by atoms with Gasteiger partial charge in [-0.15, -0.1) is 0 Å². The number of rotatable bonds is 5. The molecule has 1 spiro atoms. The van der Waals surface area contributed by atoms with Crippen LogP contribution in [0.15, 0.2) is 10.6 Å². The fourth-order valence-corrected chi connectivity index (χ4v) is 4.42. The molecule has 3 aliphatic rings. The van der Waals surface area contributed by atoms with Gasteiger partial charge in [0.15, 0.2) is 0 Å². The summed E-state index contributed by atoms with van der Waals surface area (Å²) in [6.45, 7) is 8.68. The van der Waals surface area contributed by atoms with E-state index in [-0.39, 0.29) is 30.1 Å². The number of carboxylic acid groups (broad SMARTS) is 1. The van der Waals surface area contributed by atoms with Crippen molar-refractivity contribution in [2.75, 3.05) is 59.0 Å². The highest BCUT2D eigenvalue weighted by atomic mass is 16.5. The Hall–Kier alpha value is -2.46. The first kappa shape index (κ1) is 22.2. The molecule has 0 saturated carbocycles. The summed E-state index contributed by atoms with van der Waals surface area (Å²) in [7, 11) is 0. The van der Waals surface area contributed by atoms with Gasteiger partial charge in [0, 0.05) is 51.9 Å². The minimum atomic E-state index is -0.377. The minimum absolute atomic E-state index is 0.0163. The van der Waals surface area contributed by atoms with Crippen LogP contribution < -0.4 is 0 Å². The lowest BCUT2D eigenvalue weighted by Gasteiger charge is -2.29. The maximum atomic E-state index is 13.0. The van der Waals surface area contributed by atoms with Gasteiger partial charge in [0.2, 0.25) is 11.8 Å². The molecule has 10 nitrogen and oxygen atoms in total. The van der Waals surface area contributed by atoms with Gasteiger partial charge in [-0.3, -0.25) is 19.3 Å². The number of amides is 2. The number of carbonyl (C=O) groups excluding carboxylic acids is 2. The topological polar surface area (TPSA) is 116 Å². The number of ether oxygens (including phenoxy) is 1. The molecule has 1 unspecified atom stereocenters. The SMILES string of the molecule is Cc1cc(CC(=O)N2CCC3(CCN(CCN4CCOCC4)C3=O)C2)on1.O=CO. The Morgan fingerprint density at radius 2 is 1.93 bits per heavy atom. The summed E-state index contributed by atoms with van der Waals surface area (Å²) in [5.74, 6) is 0.826. The standard InChI is InChI=1S/C19H28N4O4.CH2O2/c1-15-12-16(27-20-15)13-17(24)23-5-3-19(14-23)2-4-22(18(19)25)7-6-21-8-10-26-11-9-21;2-1-3/h12H,2-11,13-14H2,1H3;1H,(H,2,3). The molecule has 1 aromatic heterocycles. The summed E-state index contributed by atoms with van der Waals surface area (Å²) < 4.78 is 10.5. The van der Waals surface area contributed by atoms with Crippen molar-refractivity contribution in [1.82, 2.24) is 19.9 Å². The maximum Gasteiger partial charge on any atom is 0.290 e. The lowest BCUT2D eigenvalue weighted by atomic mass is 9.85. The van der Waals surface area contributed by atoms with Gasteiger partial charge in [-0.05, 0) is 19.8 Å². The van der Waals surface area contributed by atoms with Crippen molar-refractivity contribution >= 4 is 18.3 Å². The fourth-order valence-electron chi connectivity index (χ4n) is 4.42. The predicted octanol–water partition coefficient (Wildman–Crippen LogP) is 0.00952. The van der Waals surface area contributed by atoms with Gasteiger partial charge < -0.3 is 24.2 Å². The van der Waals surface area contributed by atoms with Crippen molar-refractivity contribution in [2.24, 2.45) is 5.41 Å². The Bertz CT molecular complexity index is 747. The van der Waals surface area contributed by atoms with E-state index >= 15 is 0 Å². The van der Waals surface area contributed by atoms with Crippen LogP contribution in [0, 0.1) is 12.3 Å². The van der Waals surface area contributed by atoms with Crippen LogP contribution in [0.5, 0.6) is 0 Å². The molecular weight excluding hydrogens is 392 g/mol. The molecule has 2 amide bonds. The van der Waals surface area contributed by atoms with Gasteiger partial charge in [0.05, 0.1) is 30.7 Å². The third kappa shape index (κ3) is 5.17. The monoisotopic (exact) mass is 422 g/mol. The summed E-state index contributed by atoms with van der Waals surface area (Å²) in [6, 6.07) is 1.79. The molecule has 1 aromatic rings. The number of hydrogen-bond acceptors (Lipinski definition) is 7. The normalized spacial score (nSPS) is 24.2. The highest BCUT2D eigenvalue weighted by Gasteiger charge is 2.51. The smallest absolute Gasteiger partial charge is 0.290 e. The van der Waals surface area contributed by atoms with Crippen LogP contribution in [0.3, 0.4) is 0 Å². The van der Waals surface area contributed by atoms with Crippen LogP contribution in [-0.4, -0.2) is 102 Å². The number of hydrogen-bond donors (Lipinski definition) is 1. The second kappa shape index (κ2) is 10.0. The first-order valence-electron chi connectivity index (χ1n) is 10.3. The zero-order chi connectivity index (χ0) is 21.6. The van der Waals surface area contributed by atoms with E-state index in [1.807, 2.05) is 16.7 Å². The van der Waals surface area contributed by atoms with Crippen LogP contribution in [-0.2, 0) is 25.5 Å². The second-order valence-corrected chi connectivity index (χ2v) is 8.06. The zero-order valence-corrected chi connectivity index (χ0v) is 17.4. The molecule has 0 bridgehead atoms. The number of aryl methyl sites for hydroxylation is 1. The number of morpholine rings is 1. The maximum absolute atomic E-state index is 13.0. The van der Waals surface area contributed by atoms with E-state index in [1.165, 1.54) is 0 Å². The third-order valence-corrected chi connectivity index (χ3v) is 6.10. The van der Waals surface area contributed by atoms with Crippen LogP contribution in [0.4, 0.5) is 0 Å². The number of aromatic nitrogens is 1. The molecule has 10 heteroatoms. The van der Waals surface area contributed by atoms with E-state index in [2.05, 4.69) is 10.1 Å². The highest BCUT2D eigenvalue weighted by Crippen LogP contribution is 2.40. The molecule has 1 N–H and O–H groups in total. The average Bonchev–Trinajstić information content (AvgIpc) is 3.43. The van der Waals surface area contributed by atoms with Gasteiger partial charge >= 0.3 is 0 Å². The lowest BCUT2D eigenvalue weighted by Crippen LogP contribution is -2.44. The van der Waals surface area contributed by atoms with Crippen molar-refractivity contribution in [3.63, 3.8) is 0 Å². The van der Waals surface area contributed by atoms with Gasteiger partial charge in [-0.2, -0.15) is 0 Å². The molecular formula is C20H30N4O6. The first-order chi connectivity index (χ1) is 14.5.